The van der Waals surface area contributed by atoms with Crippen molar-refractivity contribution < 1.29 is 22.3 Å². The standard InChI is InChI=1S/C20H18ClFN2O4S2/c1-3-28-15-7-5-14(6-8-15)24(2)30(26,27)18-10-11-29-19(18)20(25)23-13-4-9-17(22)16(21)12-13/h4-12H,3H2,1-2H3,(H,23,25). The largest absolute Gasteiger partial charge is 0.494 e. The van der Waals surface area contributed by atoms with Crippen LogP contribution in [0.1, 0.15) is 16.6 Å². The number of ether oxygens (including phenoxy) is 1. The predicted octanol–water partition coefficient (Wildman–Crippen LogP) is 5.02. The first-order valence-electron chi connectivity index (χ1n) is 8.79. The number of hydrogen-bond acceptors (Lipinski definition) is 5. The van der Waals surface area contributed by atoms with Crippen molar-refractivity contribution in [3.63, 3.8) is 0 Å². The second kappa shape index (κ2) is 9.03. The molecule has 0 aliphatic rings. The summed E-state index contributed by atoms with van der Waals surface area (Å²) in [5, 5.41) is 3.91. The Morgan fingerprint density at radius 3 is 2.53 bits per heavy atom. The van der Waals surface area contributed by atoms with Gasteiger partial charge in [-0.1, -0.05) is 11.6 Å². The molecule has 0 aliphatic carbocycles. The van der Waals surface area contributed by atoms with Crippen LogP contribution < -0.4 is 14.4 Å². The summed E-state index contributed by atoms with van der Waals surface area (Å²) in [6.45, 7) is 2.35. The van der Waals surface area contributed by atoms with Gasteiger partial charge >= 0.3 is 0 Å². The van der Waals surface area contributed by atoms with Crippen LogP contribution in [-0.2, 0) is 10.0 Å². The molecule has 0 spiro atoms. The molecule has 30 heavy (non-hydrogen) atoms. The van der Waals surface area contributed by atoms with Crippen LogP contribution in [0.3, 0.4) is 0 Å². The fourth-order valence-electron chi connectivity index (χ4n) is 2.63. The molecule has 0 fully saturated rings. The van der Waals surface area contributed by atoms with E-state index in [9.17, 15) is 17.6 Å². The zero-order valence-electron chi connectivity index (χ0n) is 16.1. The van der Waals surface area contributed by atoms with Crippen molar-refractivity contribution in [2.75, 3.05) is 23.3 Å². The highest BCUT2D eigenvalue weighted by atomic mass is 35.5. The van der Waals surface area contributed by atoms with Crippen LogP contribution in [0.25, 0.3) is 0 Å². The number of carbonyl (C=O) groups excluding carboxylic acids is 1. The van der Waals surface area contributed by atoms with E-state index in [1.165, 1.54) is 30.6 Å². The van der Waals surface area contributed by atoms with Gasteiger partial charge < -0.3 is 10.1 Å². The number of anilines is 2. The minimum Gasteiger partial charge on any atom is -0.494 e. The van der Waals surface area contributed by atoms with Gasteiger partial charge in [0, 0.05) is 12.7 Å². The predicted molar refractivity (Wildman–Crippen MR) is 117 cm³/mol. The van der Waals surface area contributed by atoms with E-state index in [-0.39, 0.29) is 20.5 Å². The van der Waals surface area contributed by atoms with E-state index < -0.39 is 21.7 Å². The summed E-state index contributed by atoms with van der Waals surface area (Å²) >= 11 is 6.72. The molecule has 0 saturated heterocycles. The fourth-order valence-corrected chi connectivity index (χ4v) is 5.30. The van der Waals surface area contributed by atoms with Gasteiger partial charge in [0.2, 0.25) is 0 Å². The number of benzene rings is 2. The van der Waals surface area contributed by atoms with Gasteiger partial charge in [-0.15, -0.1) is 11.3 Å². The summed E-state index contributed by atoms with van der Waals surface area (Å²) in [6, 6.07) is 11.7. The molecule has 3 rings (SSSR count). The fraction of sp³-hybridized carbons (Fsp3) is 0.150. The summed E-state index contributed by atoms with van der Waals surface area (Å²) in [7, 11) is -2.59. The number of halogens is 2. The first kappa shape index (κ1) is 22.1. The monoisotopic (exact) mass is 468 g/mol. The number of carbonyl (C=O) groups is 1. The average Bonchev–Trinajstić information content (AvgIpc) is 3.22. The molecular formula is C20H18ClFN2O4S2. The van der Waals surface area contributed by atoms with Crippen LogP contribution in [0, 0.1) is 5.82 Å². The molecule has 2 aromatic carbocycles. The van der Waals surface area contributed by atoms with Crippen molar-refractivity contribution in [3.05, 3.63) is 69.6 Å². The zero-order chi connectivity index (χ0) is 21.9. The number of nitrogens with zero attached hydrogens (tertiary/aromatic N) is 1. The molecule has 1 heterocycles. The van der Waals surface area contributed by atoms with Gasteiger partial charge in [-0.05, 0) is 60.8 Å². The summed E-state index contributed by atoms with van der Waals surface area (Å²) in [4.78, 5) is 12.6. The molecule has 0 radical (unpaired) electrons. The third-order valence-corrected chi connectivity index (χ3v) is 7.32. The van der Waals surface area contributed by atoms with Crippen molar-refractivity contribution in [2.24, 2.45) is 0 Å². The van der Waals surface area contributed by atoms with Crippen LogP contribution in [-0.4, -0.2) is 28.0 Å². The number of thiophene rings is 1. The highest BCUT2D eigenvalue weighted by molar-refractivity contribution is 7.93. The molecule has 1 N–H and O–H groups in total. The van der Waals surface area contributed by atoms with Gasteiger partial charge in [-0.25, -0.2) is 12.8 Å². The van der Waals surface area contributed by atoms with E-state index in [1.807, 2.05) is 6.92 Å². The van der Waals surface area contributed by atoms with E-state index in [2.05, 4.69) is 5.32 Å². The van der Waals surface area contributed by atoms with Crippen molar-refractivity contribution >= 4 is 50.2 Å². The van der Waals surface area contributed by atoms with Gasteiger partial charge in [0.25, 0.3) is 15.9 Å². The average molecular weight is 469 g/mol. The topological polar surface area (TPSA) is 75.7 Å². The first-order chi connectivity index (χ1) is 14.2. The minimum atomic E-state index is -4.00. The lowest BCUT2D eigenvalue weighted by molar-refractivity contribution is 0.102. The Bertz CT molecular complexity index is 1160. The molecule has 3 aromatic rings. The van der Waals surface area contributed by atoms with Crippen LogP contribution >= 0.6 is 22.9 Å². The molecule has 0 aliphatic heterocycles. The van der Waals surface area contributed by atoms with Crippen molar-refractivity contribution in [1.29, 1.82) is 0 Å². The van der Waals surface area contributed by atoms with Crippen molar-refractivity contribution in [1.82, 2.24) is 0 Å². The number of rotatable bonds is 7. The quantitative estimate of drug-likeness (QED) is 0.528. The molecule has 0 saturated carbocycles. The van der Waals surface area contributed by atoms with E-state index in [0.29, 0.717) is 18.0 Å². The molecule has 10 heteroatoms. The summed E-state index contributed by atoms with van der Waals surface area (Å²) in [6.07, 6.45) is 0. The maximum absolute atomic E-state index is 13.3. The lowest BCUT2D eigenvalue weighted by Gasteiger charge is -2.20. The lowest BCUT2D eigenvalue weighted by Crippen LogP contribution is -2.28. The highest BCUT2D eigenvalue weighted by Crippen LogP contribution is 2.30. The molecule has 1 aromatic heterocycles. The molecule has 0 bridgehead atoms. The minimum absolute atomic E-state index is 0.00762. The van der Waals surface area contributed by atoms with E-state index in [0.717, 1.165) is 21.7 Å². The Morgan fingerprint density at radius 1 is 1.20 bits per heavy atom. The summed E-state index contributed by atoms with van der Waals surface area (Å²) < 4.78 is 46.0. The Kier molecular flexibility index (Phi) is 6.64. The Balaban J connectivity index is 1.86. The Labute approximate surface area is 182 Å². The second-order valence-electron chi connectivity index (χ2n) is 6.10. The van der Waals surface area contributed by atoms with Crippen LogP contribution in [0.5, 0.6) is 5.75 Å². The number of hydrogen-bond donors (Lipinski definition) is 1. The van der Waals surface area contributed by atoms with Crippen LogP contribution in [0.4, 0.5) is 15.8 Å². The van der Waals surface area contributed by atoms with Crippen molar-refractivity contribution in [2.45, 2.75) is 11.8 Å². The molecule has 0 atom stereocenters. The second-order valence-corrected chi connectivity index (χ2v) is 9.36. The maximum atomic E-state index is 13.3. The van der Waals surface area contributed by atoms with E-state index in [4.69, 9.17) is 16.3 Å². The normalized spacial score (nSPS) is 11.2. The van der Waals surface area contributed by atoms with Gasteiger partial charge in [-0.3, -0.25) is 9.10 Å². The molecule has 6 nitrogen and oxygen atoms in total. The zero-order valence-corrected chi connectivity index (χ0v) is 18.4. The number of sulfonamides is 1. The van der Waals surface area contributed by atoms with E-state index >= 15 is 0 Å². The highest BCUT2D eigenvalue weighted by Gasteiger charge is 2.28. The molecule has 0 unspecified atom stereocenters. The summed E-state index contributed by atoms with van der Waals surface area (Å²) in [5.41, 5.74) is 0.671. The summed E-state index contributed by atoms with van der Waals surface area (Å²) in [5.74, 6) is -0.627. The SMILES string of the molecule is CCOc1ccc(N(C)S(=O)(=O)c2ccsc2C(=O)Nc2ccc(F)c(Cl)c2)cc1. The van der Waals surface area contributed by atoms with Gasteiger partial charge in [0.1, 0.15) is 21.3 Å². The number of amides is 1. The van der Waals surface area contributed by atoms with E-state index in [1.54, 1.807) is 24.3 Å². The van der Waals surface area contributed by atoms with Gasteiger partial charge in [0.05, 0.1) is 17.3 Å². The lowest BCUT2D eigenvalue weighted by atomic mass is 10.3. The third kappa shape index (κ3) is 4.58. The molecule has 158 valence electrons. The maximum Gasteiger partial charge on any atom is 0.267 e. The Morgan fingerprint density at radius 2 is 1.90 bits per heavy atom. The van der Waals surface area contributed by atoms with Crippen LogP contribution in [0.2, 0.25) is 5.02 Å². The third-order valence-electron chi connectivity index (χ3n) is 4.16. The Hall–Kier alpha value is -2.62. The van der Waals surface area contributed by atoms with Crippen LogP contribution in [0.15, 0.2) is 58.8 Å². The van der Waals surface area contributed by atoms with Gasteiger partial charge in [0.15, 0.2) is 0 Å². The van der Waals surface area contributed by atoms with Gasteiger partial charge in [-0.2, -0.15) is 0 Å². The molecule has 1 amide bonds. The van der Waals surface area contributed by atoms with Crippen molar-refractivity contribution in [3.8, 4) is 5.75 Å². The number of nitrogens with one attached hydrogen (secondary N) is 1. The first-order valence-corrected chi connectivity index (χ1v) is 11.5. The molecular weight excluding hydrogens is 451 g/mol. The smallest absolute Gasteiger partial charge is 0.267 e.